The van der Waals surface area contributed by atoms with E-state index in [1.165, 1.54) is 0 Å². The van der Waals surface area contributed by atoms with Crippen molar-refractivity contribution in [1.29, 1.82) is 0 Å². The summed E-state index contributed by atoms with van der Waals surface area (Å²) in [4.78, 5) is 60.2. The van der Waals surface area contributed by atoms with Gasteiger partial charge in [0, 0.05) is 42.1 Å². The number of H-pyrrole nitrogens is 2. The lowest BCUT2D eigenvalue weighted by molar-refractivity contribution is -0.138. The summed E-state index contributed by atoms with van der Waals surface area (Å²) in [6.45, 7) is 15.4. The Kier molecular flexibility index (Phi) is 12.2. The molecule has 5 unspecified atom stereocenters. The number of hydrogen-bond donors (Lipinski definition) is 3. The smallest absolute Gasteiger partial charge is 0.407 e. The number of imidazole rings is 2. The van der Waals surface area contributed by atoms with E-state index in [1.807, 2.05) is 79.2 Å². The number of fused-ring (bicyclic) bond motifs is 1. The molecule has 3 amide bonds. The van der Waals surface area contributed by atoms with E-state index in [-0.39, 0.29) is 48.3 Å². The lowest BCUT2D eigenvalue weighted by Gasteiger charge is -2.40. The maximum absolute atomic E-state index is 14.1. The Balaban J connectivity index is 1.14. The van der Waals surface area contributed by atoms with Crippen LogP contribution in [0, 0.1) is 29.6 Å². The Morgan fingerprint density at radius 1 is 0.964 bits per heavy atom. The molecule has 3 radical (unpaired) electrons. The molecule has 2 fully saturated rings. The van der Waals surface area contributed by atoms with E-state index in [2.05, 4.69) is 58.1 Å². The molecule has 12 heteroatoms. The third-order valence-electron chi connectivity index (χ3n) is 11.5. The normalized spacial score (nSPS) is 19.3. The van der Waals surface area contributed by atoms with E-state index in [9.17, 15) is 14.4 Å². The number of nitrogens with zero attached hydrogens (tertiary/aromatic N) is 4. The number of hydrogen-bond acceptors (Lipinski definition) is 6. The van der Waals surface area contributed by atoms with Crippen molar-refractivity contribution in [2.45, 2.75) is 104 Å². The van der Waals surface area contributed by atoms with E-state index in [0.717, 1.165) is 83.7 Å². The van der Waals surface area contributed by atoms with Crippen molar-refractivity contribution in [2.75, 3.05) is 19.7 Å². The highest BCUT2D eigenvalue weighted by atomic mass is 28.1. The minimum atomic E-state index is -1.29. The third-order valence-corrected chi connectivity index (χ3v) is 12.4. The molecule has 2 saturated heterocycles. The van der Waals surface area contributed by atoms with Gasteiger partial charge in [0.1, 0.15) is 16.8 Å². The first-order chi connectivity index (χ1) is 26.3. The van der Waals surface area contributed by atoms with Gasteiger partial charge in [0.15, 0.2) is 0 Å². The van der Waals surface area contributed by atoms with E-state index in [1.54, 1.807) is 6.92 Å². The number of likely N-dealkylation sites (tertiary alicyclic amines) is 2. The van der Waals surface area contributed by atoms with Crippen LogP contribution in [0.1, 0.15) is 115 Å². The lowest BCUT2D eigenvalue weighted by atomic mass is 9.92. The van der Waals surface area contributed by atoms with E-state index in [4.69, 9.17) is 14.7 Å². The molecule has 6 rings (SSSR count). The Hall–Kier alpha value is -4.89. The van der Waals surface area contributed by atoms with Gasteiger partial charge in [-0.1, -0.05) is 65.5 Å². The Morgan fingerprint density at radius 2 is 1.65 bits per heavy atom. The number of benzene rings is 2. The predicted molar refractivity (Wildman–Crippen MR) is 215 cm³/mol. The van der Waals surface area contributed by atoms with Crippen LogP contribution in [-0.4, -0.2) is 88.8 Å². The molecule has 2 aliphatic heterocycles. The van der Waals surface area contributed by atoms with Gasteiger partial charge in [0.25, 0.3) is 0 Å². The second-order valence-corrected chi connectivity index (χ2v) is 16.4. The highest BCUT2D eigenvalue weighted by molar-refractivity contribution is 6.29. The van der Waals surface area contributed by atoms with E-state index in [0.29, 0.717) is 12.5 Å². The molecule has 5 atom stereocenters. The predicted octanol–water partition coefficient (Wildman–Crippen LogP) is 7.06. The number of carbonyl (C=O) groups is 3. The first-order valence-electron chi connectivity index (χ1n) is 19.8. The minimum Gasteiger partial charge on any atom is -0.450 e. The van der Waals surface area contributed by atoms with Gasteiger partial charge in [-0.15, -0.1) is 0 Å². The van der Waals surface area contributed by atoms with E-state index >= 15 is 0 Å². The SMILES string of the molecule is CCOC(=O)NC([Si])(C(=O)N1CCCC1C(CC)c1nc2ccc(C#Cc3ccc(-c4cnc(C5CCCN5C(=O)C(C)C(C)C)[nH]4)cc3)cc2[nH]1)C(C)C. The van der Waals surface area contributed by atoms with Gasteiger partial charge in [-0.3, -0.25) is 9.59 Å². The molecule has 11 nitrogen and oxygen atoms in total. The summed E-state index contributed by atoms with van der Waals surface area (Å²) in [5, 5.41) is 1.49. The zero-order chi connectivity index (χ0) is 39.4. The molecule has 55 heavy (non-hydrogen) atoms. The van der Waals surface area contributed by atoms with Gasteiger partial charge >= 0.3 is 6.09 Å². The van der Waals surface area contributed by atoms with Crippen molar-refractivity contribution in [2.24, 2.45) is 17.8 Å². The Morgan fingerprint density at radius 3 is 2.35 bits per heavy atom. The highest BCUT2D eigenvalue weighted by Gasteiger charge is 2.46. The second-order valence-electron chi connectivity index (χ2n) is 15.6. The maximum atomic E-state index is 14.1. The number of carbonyl (C=O) groups excluding carboxylic acids is 3. The summed E-state index contributed by atoms with van der Waals surface area (Å²) >= 11 is 0. The molecule has 4 aromatic rings. The van der Waals surface area contributed by atoms with Crippen LogP contribution in [0.2, 0.25) is 0 Å². The molecule has 0 saturated carbocycles. The highest BCUT2D eigenvalue weighted by Crippen LogP contribution is 2.36. The molecule has 3 N–H and O–H groups in total. The van der Waals surface area contributed by atoms with Crippen LogP contribution in [0.3, 0.4) is 0 Å². The van der Waals surface area contributed by atoms with Crippen molar-refractivity contribution in [3.63, 3.8) is 0 Å². The van der Waals surface area contributed by atoms with Crippen LogP contribution in [0.5, 0.6) is 0 Å². The second kappa shape index (κ2) is 16.9. The van der Waals surface area contributed by atoms with Crippen LogP contribution in [0.15, 0.2) is 48.7 Å². The van der Waals surface area contributed by atoms with Crippen LogP contribution < -0.4 is 5.32 Å². The fourth-order valence-electron chi connectivity index (χ4n) is 7.78. The summed E-state index contributed by atoms with van der Waals surface area (Å²) < 4.78 is 5.12. The average molecular weight is 761 g/mol. The minimum absolute atomic E-state index is 0.0160. The number of alkyl carbamates (subject to hydrolysis) is 1. The van der Waals surface area contributed by atoms with Crippen LogP contribution >= 0.6 is 0 Å². The molecule has 0 aliphatic carbocycles. The van der Waals surface area contributed by atoms with Crippen molar-refractivity contribution in [3.05, 3.63) is 71.4 Å². The summed E-state index contributed by atoms with van der Waals surface area (Å²) in [7, 11) is 3.67. The summed E-state index contributed by atoms with van der Waals surface area (Å²) in [6, 6.07) is 14.0. The van der Waals surface area contributed by atoms with Crippen LogP contribution in [0.4, 0.5) is 4.79 Å². The van der Waals surface area contributed by atoms with Crippen LogP contribution in [0.25, 0.3) is 22.3 Å². The number of amides is 3. The van der Waals surface area contributed by atoms with Gasteiger partial charge in [-0.25, -0.2) is 14.8 Å². The van der Waals surface area contributed by atoms with Gasteiger partial charge in [-0.2, -0.15) is 0 Å². The Labute approximate surface area is 328 Å². The van der Waals surface area contributed by atoms with Gasteiger partial charge in [0.05, 0.1) is 45.8 Å². The third kappa shape index (κ3) is 8.37. The number of aromatic nitrogens is 4. The lowest BCUT2D eigenvalue weighted by Crippen LogP contribution is -2.64. The maximum Gasteiger partial charge on any atom is 0.407 e. The van der Waals surface area contributed by atoms with Crippen molar-refractivity contribution in [3.8, 4) is 23.1 Å². The summed E-state index contributed by atoms with van der Waals surface area (Å²) in [5.41, 5.74) is 5.42. The van der Waals surface area contributed by atoms with Crippen molar-refractivity contribution in [1.82, 2.24) is 35.1 Å². The fourth-order valence-corrected chi connectivity index (χ4v) is 8.03. The largest absolute Gasteiger partial charge is 0.450 e. The topological polar surface area (TPSA) is 136 Å². The summed E-state index contributed by atoms with van der Waals surface area (Å²) in [6.07, 6.45) is 5.62. The standard InChI is InChI=1S/C43H54N7O4Si/c1-8-32(36-12-10-23-50(36)41(52)43(55,27(5)6)48-42(53)54-9-2)38-45-33-21-18-30(24-34(33)46-38)15-14-29-16-19-31(20-17-29)35-25-44-39(47-35)37-13-11-22-49(37)40(51)28(7)26(3)4/h16-21,24-28,32,36-37H,8-13,22-23H2,1-7H3,(H,44,47)(H,45,46)(H,48,53). The molecule has 2 aromatic carbocycles. The molecule has 0 bridgehead atoms. The quantitative estimate of drug-likeness (QED) is 0.111. The molecular weight excluding hydrogens is 707 g/mol. The molecule has 289 valence electrons. The van der Waals surface area contributed by atoms with Gasteiger partial charge in [0.2, 0.25) is 11.8 Å². The zero-order valence-corrected chi connectivity index (χ0v) is 34.2. The van der Waals surface area contributed by atoms with E-state index < -0.39 is 11.3 Å². The number of nitrogens with one attached hydrogen (secondary N) is 3. The number of ether oxygens (including phenoxy) is 1. The first kappa shape index (κ1) is 39.8. The molecule has 0 spiro atoms. The fraction of sp³-hybridized carbons (Fsp3) is 0.512. The first-order valence-corrected chi connectivity index (χ1v) is 20.3. The van der Waals surface area contributed by atoms with Gasteiger partial charge in [-0.05, 0) is 86.8 Å². The molecular formula is C43H54N7O4Si. The van der Waals surface area contributed by atoms with Gasteiger partial charge < -0.3 is 29.8 Å². The number of aromatic amines is 2. The monoisotopic (exact) mass is 760 g/mol. The molecule has 2 aliphatic rings. The van der Waals surface area contributed by atoms with Crippen molar-refractivity contribution < 1.29 is 19.1 Å². The zero-order valence-electron chi connectivity index (χ0n) is 33.2. The van der Waals surface area contributed by atoms with Crippen molar-refractivity contribution >= 4 is 39.2 Å². The molecule has 4 heterocycles. The Bertz CT molecular complexity index is 2060. The van der Waals surface area contributed by atoms with Crippen LogP contribution in [-0.2, 0) is 14.3 Å². The number of rotatable bonds is 11. The molecule has 2 aromatic heterocycles. The average Bonchev–Trinajstić information content (AvgIpc) is 4.00. The summed E-state index contributed by atoms with van der Waals surface area (Å²) in [5.74, 6) is 8.36.